The second kappa shape index (κ2) is 3.74. The van der Waals surface area contributed by atoms with Crippen LogP contribution in [-0.4, -0.2) is 24.5 Å². The summed E-state index contributed by atoms with van der Waals surface area (Å²) in [7, 11) is 1.73. The number of carbonyl (C=O) groups excluding carboxylic acids is 2. The van der Waals surface area contributed by atoms with Gasteiger partial charge in [-0.25, -0.2) is 4.79 Å². The monoisotopic (exact) mass is 185 g/mol. The number of carbonyl (C=O) groups is 2. The Morgan fingerprint density at radius 2 is 1.85 bits per heavy atom. The van der Waals surface area contributed by atoms with E-state index >= 15 is 0 Å². The molecule has 1 aliphatic rings. The molecule has 1 saturated carbocycles. The summed E-state index contributed by atoms with van der Waals surface area (Å²) >= 11 is 0. The molecule has 0 atom stereocenters. The van der Waals surface area contributed by atoms with Crippen LogP contribution in [0.2, 0.25) is 0 Å². The highest BCUT2D eigenvalue weighted by molar-refractivity contribution is 5.98. The molecule has 5 nitrogen and oxygen atoms in total. The van der Waals surface area contributed by atoms with E-state index in [0.717, 1.165) is 25.7 Å². The molecule has 0 aromatic rings. The van der Waals surface area contributed by atoms with Gasteiger partial charge < -0.3 is 11.1 Å². The fourth-order valence-corrected chi connectivity index (χ4v) is 1.80. The smallest absolute Gasteiger partial charge is 0.318 e. The van der Waals surface area contributed by atoms with Crippen LogP contribution in [0.4, 0.5) is 4.79 Å². The Labute approximate surface area is 77.1 Å². The summed E-state index contributed by atoms with van der Waals surface area (Å²) in [5.74, 6) is -0.306. The Kier molecular flexibility index (Phi) is 2.87. The number of rotatable bonds is 2. The molecule has 4 N–H and O–H groups in total. The van der Waals surface area contributed by atoms with E-state index < -0.39 is 11.6 Å². The Balaban J connectivity index is 2.65. The van der Waals surface area contributed by atoms with Gasteiger partial charge in [0.1, 0.15) is 0 Å². The van der Waals surface area contributed by atoms with Crippen molar-refractivity contribution >= 4 is 11.9 Å². The number of urea groups is 1. The number of primary amides is 1. The third-order valence-electron chi connectivity index (χ3n) is 2.61. The van der Waals surface area contributed by atoms with Gasteiger partial charge in [0.25, 0.3) is 0 Å². The van der Waals surface area contributed by atoms with Crippen LogP contribution in [0.25, 0.3) is 0 Å². The molecular weight excluding hydrogens is 170 g/mol. The molecule has 3 amide bonds. The highest BCUT2D eigenvalue weighted by Gasteiger charge is 2.39. The Morgan fingerprint density at radius 1 is 1.31 bits per heavy atom. The van der Waals surface area contributed by atoms with Crippen LogP contribution in [0.15, 0.2) is 0 Å². The van der Waals surface area contributed by atoms with Crippen LogP contribution in [0.3, 0.4) is 0 Å². The molecule has 5 heteroatoms. The summed E-state index contributed by atoms with van der Waals surface area (Å²) in [6, 6.07) is -0.786. The topological polar surface area (TPSA) is 84.2 Å². The first kappa shape index (κ1) is 9.98. The minimum atomic E-state index is -0.786. The summed E-state index contributed by atoms with van der Waals surface area (Å²) in [5.41, 5.74) is 4.30. The third kappa shape index (κ3) is 1.98. The van der Waals surface area contributed by atoms with Crippen LogP contribution in [0, 0.1) is 0 Å². The van der Waals surface area contributed by atoms with Gasteiger partial charge in [0.15, 0.2) is 0 Å². The van der Waals surface area contributed by atoms with Gasteiger partial charge in [-0.2, -0.15) is 0 Å². The van der Waals surface area contributed by atoms with E-state index in [1.807, 2.05) is 0 Å². The van der Waals surface area contributed by atoms with E-state index in [1.54, 1.807) is 7.05 Å². The standard InChI is InChI=1S/C8H15N3O2/c1-10-8(4-2-3-5-8)6(12)11-7(9)13/h10H,2-5H2,1H3,(H3,9,11,12,13). The molecule has 0 unspecified atom stereocenters. The molecule has 0 radical (unpaired) electrons. The number of nitrogens with two attached hydrogens (primary N) is 1. The maximum Gasteiger partial charge on any atom is 0.318 e. The van der Waals surface area contributed by atoms with E-state index in [-0.39, 0.29) is 5.91 Å². The normalized spacial score (nSPS) is 19.8. The van der Waals surface area contributed by atoms with Crippen molar-refractivity contribution in [2.75, 3.05) is 7.05 Å². The van der Waals surface area contributed by atoms with Crippen LogP contribution in [0.1, 0.15) is 25.7 Å². The first-order chi connectivity index (χ1) is 6.10. The van der Waals surface area contributed by atoms with Crippen molar-refractivity contribution in [3.05, 3.63) is 0 Å². The van der Waals surface area contributed by atoms with Gasteiger partial charge in [0, 0.05) is 0 Å². The molecule has 1 rings (SSSR count). The average molecular weight is 185 g/mol. The zero-order valence-electron chi connectivity index (χ0n) is 7.72. The van der Waals surface area contributed by atoms with Crippen molar-refractivity contribution in [2.24, 2.45) is 5.73 Å². The lowest BCUT2D eigenvalue weighted by Gasteiger charge is -2.25. The highest BCUT2D eigenvalue weighted by atomic mass is 16.2. The van der Waals surface area contributed by atoms with Gasteiger partial charge in [-0.15, -0.1) is 0 Å². The number of nitrogens with one attached hydrogen (secondary N) is 2. The van der Waals surface area contributed by atoms with Gasteiger partial charge >= 0.3 is 6.03 Å². The van der Waals surface area contributed by atoms with Gasteiger partial charge in [0.2, 0.25) is 5.91 Å². The number of hydrogen-bond acceptors (Lipinski definition) is 3. The van der Waals surface area contributed by atoms with Crippen molar-refractivity contribution < 1.29 is 9.59 Å². The Bertz CT molecular complexity index is 221. The molecule has 0 aliphatic heterocycles. The second-order valence-electron chi connectivity index (χ2n) is 3.36. The molecule has 1 fully saturated rings. The summed E-state index contributed by atoms with van der Waals surface area (Å²) in [6.45, 7) is 0. The molecule has 13 heavy (non-hydrogen) atoms. The molecular formula is C8H15N3O2. The molecule has 0 heterocycles. The first-order valence-corrected chi connectivity index (χ1v) is 4.40. The number of hydrogen-bond donors (Lipinski definition) is 3. The first-order valence-electron chi connectivity index (χ1n) is 4.40. The number of likely N-dealkylation sites (N-methyl/N-ethyl adjacent to an activating group) is 1. The molecule has 0 saturated heterocycles. The van der Waals surface area contributed by atoms with Gasteiger partial charge in [-0.3, -0.25) is 10.1 Å². The van der Waals surface area contributed by atoms with E-state index in [2.05, 4.69) is 10.6 Å². The van der Waals surface area contributed by atoms with Crippen molar-refractivity contribution in [3.63, 3.8) is 0 Å². The van der Waals surface area contributed by atoms with Crippen molar-refractivity contribution in [1.29, 1.82) is 0 Å². The minimum Gasteiger partial charge on any atom is -0.351 e. The van der Waals surface area contributed by atoms with Gasteiger partial charge in [-0.1, -0.05) is 12.8 Å². The Morgan fingerprint density at radius 3 is 2.23 bits per heavy atom. The van der Waals surface area contributed by atoms with E-state index in [1.165, 1.54) is 0 Å². The minimum absolute atomic E-state index is 0.306. The summed E-state index contributed by atoms with van der Waals surface area (Å²) < 4.78 is 0. The largest absolute Gasteiger partial charge is 0.351 e. The van der Waals surface area contributed by atoms with Gasteiger partial charge in [-0.05, 0) is 19.9 Å². The lowest BCUT2D eigenvalue weighted by molar-refractivity contribution is -0.126. The average Bonchev–Trinajstić information content (AvgIpc) is 2.51. The molecule has 0 aromatic carbocycles. The van der Waals surface area contributed by atoms with E-state index in [4.69, 9.17) is 5.73 Å². The fourth-order valence-electron chi connectivity index (χ4n) is 1.80. The maximum atomic E-state index is 11.5. The summed E-state index contributed by atoms with van der Waals surface area (Å²) in [5, 5.41) is 5.08. The molecule has 0 bridgehead atoms. The third-order valence-corrected chi connectivity index (χ3v) is 2.61. The second-order valence-corrected chi connectivity index (χ2v) is 3.36. The lowest BCUT2D eigenvalue weighted by atomic mass is 9.97. The maximum absolute atomic E-state index is 11.5. The molecule has 0 aromatic heterocycles. The predicted octanol–water partition coefficient (Wildman–Crippen LogP) is -0.287. The summed E-state index contributed by atoms with van der Waals surface area (Å²) in [4.78, 5) is 22.0. The lowest BCUT2D eigenvalue weighted by Crippen LogP contribution is -2.56. The number of amides is 3. The van der Waals surface area contributed by atoms with Crippen molar-refractivity contribution in [3.8, 4) is 0 Å². The van der Waals surface area contributed by atoms with Crippen LogP contribution >= 0.6 is 0 Å². The van der Waals surface area contributed by atoms with E-state index in [0.29, 0.717) is 0 Å². The SMILES string of the molecule is CNC1(C(=O)NC(N)=O)CCCC1. The zero-order valence-corrected chi connectivity index (χ0v) is 7.72. The van der Waals surface area contributed by atoms with E-state index in [9.17, 15) is 9.59 Å². The van der Waals surface area contributed by atoms with Crippen molar-refractivity contribution in [2.45, 2.75) is 31.2 Å². The highest BCUT2D eigenvalue weighted by Crippen LogP contribution is 2.29. The van der Waals surface area contributed by atoms with Crippen molar-refractivity contribution in [1.82, 2.24) is 10.6 Å². The quantitative estimate of drug-likeness (QED) is 0.553. The van der Waals surface area contributed by atoms with Crippen LogP contribution in [-0.2, 0) is 4.79 Å². The summed E-state index contributed by atoms with van der Waals surface area (Å²) in [6.07, 6.45) is 3.55. The molecule has 0 spiro atoms. The van der Waals surface area contributed by atoms with Gasteiger partial charge in [0.05, 0.1) is 5.54 Å². The fraction of sp³-hybridized carbons (Fsp3) is 0.750. The molecule has 1 aliphatic carbocycles. The zero-order chi connectivity index (χ0) is 9.90. The number of imide groups is 1. The van der Waals surface area contributed by atoms with Crippen LogP contribution < -0.4 is 16.4 Å². The predicted molar refractivity (Wildman–Crippen MR) is 48.0 cm³/mol. The molecule has 74 valence electrons. The Hall–Kier alpha value is -1.10. The van der Waals surface area contributed by atoms with Crippen LogP contribution in [0.5, 0.6) is 0 Å².